The van der Waals surface area contributed by atoms with Crippen LogP contribution in [0.15, 0.2) is 12.2 Å². The third kappa shape index (κ3) is 5.79. The van der Waals surface area contributed by atoms with E-state index in [1.807, 2.05) is 6.92 Å². The molecular weight excluding hydrogens is 128 g/mol. The summed E-state index contributed by atoms with van der Waals surface area (Å²) in [7, 11) is 0. The zero-order chi connectivity index (χ0) is 7.82. The molecule has 0 saturated carbocycles. The molecule has 2 heteroatoms. The summed E-state index contributed by atoms with van der Waals surface area (Å²) in [5.41, 5.74) is 0. The van der Waals surface area contributed by atoms with E-state index in [1.54, 1.807) is 0 Å². The van der Waals surface area contributed by atoms with E-state index in [-0.39, 0.29) is 6.10 Å². The molecule has 0 aliphatic heterocycles. The average molecular weight is 144 g/mol. The number of rotatable bonds is 5. The van der Waals surface area contributed by atoms with E-state index in [9.17, 15) is 0 Å². The molecule has 0 radical (unpaired) electrons. The Morgan fingerprint density at radius 3 is 2.70 bits per heavy atom. The molecule has 0 saturated heterocycles. The lowest BCUT2D eigenvalue weighted by atomic mass is 10.2. The van der Waals surface area contributed by atoms with E-state index in [2.05, 4.69) is 24.0 Å². The van der Waals surface area contributed by atoms with Gasteiger partial charge in [0.1, 0.15) is 0 Å². The molecule has 0 aromatic heterocycles. The molecule has 60 valence electrons. The zero-order valence-electron chi connectivity index (χ0n) is 6.71. The van der Waals surface area contributed by atoms with Gasteiger partial charge in [-0.1, -0.05) is 19.1 Å². The summed E-state index contributed by atoms with van der Waals surface area (Å²) in [6, 6.07) is 0. The van der Waals surface area contributed by atoms with E-state index in [1.165, 1.54) is 0 Å². The Morgan fingerprint density at radius 2 is 2.20 bits per heavy atom. The molecule has 0 aromatic rings. The van der Waals surface area contributed by atoms with Crippen LogP contribution in [-0.4, -0.2) is 11.4 Å². The largest absolute Gasteiger partial charge is 0.252 e. The maximum atomic E-state index is 8.17. The van der Waals surface area contributed by atoms with Gasteiger partial charge in [-0.15, -0.1) is 0 Å². The van der Waals surface area contributed by atoms with Crippen LogP contribution in [0.1, 0.15) is 33.1 Å². The Labute approximate surface area is 62.4 Å². The van der Waals surface area contributed by atoms with Crippen molar-refractivity contribution in [2.45, 2.75) is 39.2 Å². The standard InChI is InChI=1S/C8H16O2/c1-3-4-5-6-7-8(2)10-9/h4-5,8-9H,3,6-7H2,1-2H3/b5-4+. The van der Waals surface area contributed by atoms with Gasteiger partial charge in [0, 0.05) is 0 Å². The maximum absolute atomic E-state index is 8.17. The molecule has 0 spiro atoms. The Kier molecular flexibility index (Phi) is 6.55. The SMILES string of the molecule is CC/C=C/CCC(C)OO. The topological polar surface area (TPSA) is 29.5 Å². The van der Waals surface area contributed by atoms with Crippen LogP contribution in [-0.2, 0) is 4.89 Å². The fraction of sp³-hybridized carbons (Fsp3) is 0.750. The number of allylic oxidation sites excluding steroid dienone is 2. The molecule has 0 rings (SSSR count). The Balaban J connectivity index is 3.10. The van der Waals surface area contributed by atoms with Crippen LogP contribution in [0.4, 0.5) is 0 Å². The van der Waals surface area contributed by atoms with Gasteiger partial charge < -0.3 is 0 Å². The Morgan fingerprint density at radius 1 is 1.50 bits per heavy atom. The van der Waals surface area contributed by atoms with Crippen LogP contribution in [0.2, 0.25) is 0 Å². The molecule has 0 heterocycles. The van der Waals surface area contributed by atoms with Crippen LogP contribution in [0, 0.1) is 0 Å². The van der Waals surface area contributed by atoms with Crippen LogP contribution in [0.3, 0.4) is 0 Å². The maximum Gasteiger partial charge on any atom is 0.0902 e. The van der Waals surface area contributed by atoms with Crippen molar-refractivity contribution >= 4 is 0 Å². The van der Waals surface area contributed by atoms with E-state index >= 15 is 0 Å². The van der Waals surface area contributed by atoms with E-state index in [0.29, 0.717) is 0 Å². The summed E-state index contributed by atoms with van der Waals surface area (Å²) < 4.78 is 0. The van der Waals surface area contributed by atoms with Gasteiger partial charge in [0.05, 0.1) is 6.10 Å². The molecule has 2 nitrogen and oxygen atoms in total. The lowest BCUT2D eigenvalue weighted by molar-refractivity contribution is -0.274. The van der Waals surface area contributed by atoms with Crippen molar-refractivity contribution in [2.24, 2.45) is 0 Å². The predicted octanol–water partition coefficient (Wildman–Crippen LogP) is 2.61. The summed E-state index contributed by atoms with van der Waals surface area (Å²) in [5, 5.41) is 8.17. The quantitative estimate of drug-likeness (QED) is 0.365. The van der Waals surface area contributed by atoms with E-state index < -0.39 is 0 Å². The first-order valence-electron chi connectivity index (χ1n) is 3.76. The molecule has 0 amide bonds. The van der Waals surface area contributed by atoms with Crippen molar-refractivity contribution in [3.63, 3.8) is 0 Å². The highest BCUT2D eigenvalue weighted by atomic mass is 17.1. The molecule has 1 atom stereocenters. The zero-order valence-corrected chi connectivity index (χ0v) is 6.71. The van der Waals surface area contributed by atoms with Crippen molar-refractivity contribution in [2.75, 3.05) is 0 Å². The lowest BCUT2D eigenvalue weighted by Gasteiger charge is -2.02. The van der Waals surface area contributed by atoms with Crippen LogP contribution in [0.25, 0.3) is 0 Å². The van der Waals surface area contributed by atoms with Crippen LogP contribution < -0.4 is 0 Å². The first-order chi connectivity index (χ1) is 4.81. The minimum atomic E-state index is -0.0403. The minimum absolute atomic E-state index is 0.0403. The molecule has 1 unspecified atom stereocenters. The van der Waals surface area contributed by atoms with Crippen molar-refractivity contribution in [3.05, 3.63) is 12.2 Å². The van der Waals surface area contributed by atoms with Gasteiger partial charge in [-0.2, -0.15) is 0 Å². The van der Waals surface area contributed by atoms with Gasteiger partial charge in [0.25, 0.3) is 0 Å². The van der Waals surface area contributed by atoms with Gasteiger partial charge in [-0.05, 0) is 26.2 Å². The summed E-state index contributed by atoms with van der Waals surface area (Å²) in [5.74, 6) is 0. The van der Waals surface area contributed by atoms with Crippen LogP contribution >= 0.6 is 0 Å². The van der Waals surface area contributed by atoms with Gasteiger partial charge in [-0.3, -0.25) is 5.26 Å². The van der Waals surface area contributed by atoms with E-state index in [0.717, 1.165) is 19.3 Å². The second kappa shape index (κ2) is 6.78. The Hall–Kier alpha value is -0.340. The van der Waals surface area contributed by atoms with Gasteiger partial charge in [0.15, 0.2) is 0 Å². The summed E-state index contributed by atoms with van der Waals surface area (Å²) in [6.45, 7) is 3.95. The summed E-state index contributed by atoms with van der Waals surface area (Å²) in [4.78, 5) is 4.10. The average Bonchev–Trinajstić information content (AvgIpc) is 1.98. The monoisotopic (exact) mass is 144 g/mol. The van der Waals surface area contributed by atoms with Crippen molar-refractivity contribution in [1.29, 1.82) is 0 Å². The first-order valence-corrected chi connectivity index (χ1v) is 3.76. The molecule has 0 fully saturated rings. The number of hydrogen-bond acceptors (Lipinski definition) is 2. The summed E-state index contributed by atoms with van der Waals surface area (Å²) >= 11 is 0. The normalized spacial score (nSPS) is 14.3. The third-order valence-electron chi connectivity index (χ3n) is 1.32. The molecule has 1 N–H and O–H groups in total. The second-order valence-electron chi connectivity index (χ2n) is 2.37. The summed E-state index contributed by atoms with van der Waals surface area (Å²) in [6.07, 6.45) is 7.12. The van der Waals surface area contributed by atoms with Crippen molar-refractivity contribution in [3.8, 4) is 0 Å². The fourth-order valence-electron chi connectivity index (χ4n) is 0.668. The molecule has 0 aromatic carbocycles. The van der Waals surface area contributed by atoms with Gasteiger partial charge in [0.2, 0.25) is 0 Å². The highest BCUT2D eigenvalue weighted by molar-refractivity contribution is 4.80. The molecule has 10 heavy (non-hydrogen) atoms. The van der Waals surface area contributed by atoms with Gasteiger partial charge >= 0.3 is 0 Å². The van der Waals surface area contributed by atoms with E-state index in [4.69, 9.17) is 5.26 Å². The van der Waals surface area contributed by atoms with Crippen molar-refractivity contribution < 1.29 is 10.1 Å². The second-order valence-corrected chi connectivity index (χ2v) is 2.37. The third-order valence-corrected chi connectivity index (χ3v) is 1.32. The fourth-order valence-corrected chi connectivity index (χ4v) is 0.668. The number of hydrogen-bond donors (Lipinski definition) is 1. The smallest absolute Gasteiger partial charge is 0.0902 e. The molecule has 0 aliphatic carbocycles. The highest BCUT2D eigenvalue weighted by Gasteiger charge is 1.96. The Bertz CT molecular complexity index is 89.3. The van der Waals surface area contributed by atoms with Crippen molar-refractivity contribution in [1.82, 2.24) is 0 Å². The highest BCUT2D eigenvalue weighted by Crippen LogP contribution is 2.00. The lowest BCUT2D eigenvalue weighted by Crippen LogP contribution is -2.03. The predicted molar refractivity (Wildman–Crippen MR) is 41.8 cm³/mol. The van der Waals surface area contributed by atoms with Crippen LogP contribution in [0.5, 0.6) is 0 Å². The first kappa shape index (κ1) is 9.66. The minimum Gasteiger partial charge on any atom is -0.252 e. The molecule has 0 bridgehead atoms. The molecule has 0 aliphatic rings. The molecular formula is C8H16O2. The van der Waals surface area contributed by atoms with Gasteiger partial charge in [-0.25, -0.2) is 4.89 Å².